The Kier molecular flexibility index (Phi) is 9.23. The molecule has 23 heavy (non-hydrogen) atoms. The molecule has 0 unspecified atom stereocenters. The molecule has 0 aromatic carbocycles. The summed E-state index contributed by atoms with van der Waals surface area (Å²) in [6, 6.07) is 0. The number of rotatable bonds is 9. The van der Waals surface area contributed by atoms with E-state index >= 15 is 0 Å². The minimum Gasteiger partial charge on any atom is -0.127 e. The number of alkyl halides is 1. The van der Waals surface area contributed by atoms with E-state index in [2.05, 4.69) is 62.3 Å². The molecular formula is C22H45Cl. The average molecular weight is 345 g/mol. The third-order valence-electron chi connectivity index (χ3n) is 6.03. The molecule has 1 heteroatoms. The van der Waals surface area contributed by atoms with Gasteiger partial charge < -0.3 is 0 Å². The lowest BCUT2D eigenvalue weighted by Gasteiger charge is -2.62. The molecule has 0 atom stereocenters. The van der Waals surface area contributed by atoms with Crippen molar-refractivity contribution in [3.05, 3.63) is 0 Å². The van der Waals surface area contributed by atoms with Crippen molar-refractivity contribution in [2.45, 2.75) is 114 Å². The van der Waals surface area contributed by atoms with Crippen LogP contribution in [0.3, 0.4) is 0 Å². The van der Waals surface area contributed by atoms with Gasteiger partial charge in [0.15, 0.2) is 0 Å². The first-order valence-electron chi connectivity index (χ1n) is 9.87. The molecule has 0 saturated heterocycles. The minimum atomic E-state index is 0.309. The predicted octanol–water partition coefficient (Wildman–Crippen LogP) is 8.47. The van der Waals surface area contributed by atoms with Gasteiger partial charge in [0.05, 0.1) is 0 Å². The summed E-state index contributed by atoms with van der Waals surface area (Å²) in [5.41, 5.74) is 1.27. The fraction of sp³-hybridized carbons (Fsp3) is 1.00. The maximum Gasteiger partial charge on any atom is 0.0223 e. The summed E-state index contributed by atoms with van der Waals surface area (Å²) in [5.74, 6) is 0.825. The highest BCUT2D eigenvalue weighted by Gasteiger charge is 2.56. The quantitative estimate of drug-likeness (QED) is 0.290. The van der Waals surface area contributed by atoms with Gasteiger partial charge in [-0.3, -0.25) is 0 Å². The number of unbranched alkanes of at least 4 members (excludes halogenated alkanes) is 6. The third-order valence-corrected chi connectivity index (χ3v) is 6.29. The zero-order valence-electron chi connectivity index (χ0n) is 17.7. The monoisotopic (exact) mass is 344 g/mol. The Morgan fingerprint density at radius 1 is 0.478 bits per heavy atom. The maximum atomic E-state index is 5.74. The van der Waals surface area contributed by atoms with E-state index in [1.54, 1.807) is 0 Å². The molecule has 0 aliphatic carbocycles. The van der Waals surface area contributed by atoms with Crippen LogP contribution in [0.15, 0.2) is 0 Å². The number of hydrogen-bond donors (Lipinski definition) is 0. The molecule has 140 valence electrons. The van der Waals surface area contributed by atoms with Gasteiger partial charge in [-0.1, -0.05) is 101 Å². The summed E-state index contributed by atoms with van der Waals surface area (Å²) in [4.78, 5) is 0. The highest BCUT2D eigenvalue weighted by atomic mass is 35.5. The second-order valence-electron chi connectivity index (χ2n) is 10.6. The second-order valence-corrected chi connectivity index (χ2v) is 10.9. The van der Waals surface area contributed by atoms with Crippen LogP contribution >= 0.6 is 11.6 Å². The molecule has 0 aliphatic rings. The van der Waals surface area contributed by atoms with Crippen molar-refractivity contribution in [3.63, 3.8) is 0 Å². The molecule has 0 N–H and O–H groups in total. The van der Waals surface area contributed by atoms with Gasteiger partial charge in [0.25, 0.3) is 0 Å². The summed E-state index contributed by atoms with van der Waals surface area (Å²) < 4.78 is 0. The molecule has 0 aromatic rings. The van der Waals surface area contributed by atoms with Gasteiger partial charge in [-0.25, -0.2) is 0 Å². The Morgan fingerprint density at radius 3 is 1.09 bits per heavy atom. The van der Waals surface area contributed by atoms with Crippen LogP contribution in [-0.4, -0.2) is 5.88 Å². The van der Waals surface area contributed by atoms with E-state index in [0.29, 0.717) is 21.7 Å². The van der Waals surface area contributed by atoms with E-state index in [4.69, 9.17) is 11.6 Å². The summed E-state index contributed by atoms with van der Waals surface area (Å²) in [7, 11) is 0. The van der Waals surface area contributed by atoms with Gasteiger partial charge in [0.1, 0.15) is 0 Å². The molecular weight excluding hydrogens is 300 g/mol. The van der Waals surface area contributed by atoms with Crippen LogP contribution in [0.1, 0.15) is 114 Å². The molecule has 0 heterocycles. The van der Waals surface area contributed by atoms with Crippen molar-refractivity contribution in [2.24, 2.45) is 21.7 Å². The first-order chi connectivity index (χ1) is 10.3. The van der Waals surface area contributed by atoms with Crippen LogP contribution in [0, 0.1) is 21.7 Å². The summed E-state index contributed by atoms with van der Waals surface area (Å²) in [5, 5.41) is 0. The molecule has 0 bridgehead atoms. The van der Waals surface area contributed by atoms with E-state index in [0.717, 1.165) is 5.88 Å². The summed E-state index contributed by atoms with van der Waals surface area (Å²) in [6.45, 7) is 22.1. The van der Waals surface area contributed by atoms with E-state index in [1.807, 2.05) is 0 Å². The fourth-order valence-electron chi connectivity index (χ4n) is 5.87. The third kappa shape index (κ3) is 6.26. The Hall–Kier alpha value is 0.290. The van der Waals surface area contributed by atoms with E-state index in [-0.39, 0.29) is 0 Å². The van der Waals surface area contributed by atoms with Crippen molar-refractivity contribution in [2.75, 3.05) is 5.88 Å². The lowest BCUT2D eigenvalue weighted by atomic mass is 9.43. The van der Waals surface area contributed by atoms with E-state index in [9.17, 15) is 0 Å². The van der Waals surface area contributed by atoms with Gasteiger partial charge in [-0.15, -0.1) is 11.6 Å². The largest absolute Gasteiger partial charge is 0.127 e. The van der Waals surface area contributed by atoms with Crippen molar-refractivity contribution in [1.82, 2.24) is 0 Å². The fourth-order valence-corrected chi connectivity index (χ4v) is 6.06. The minimum absolute atomic E-state index is 0.309. The molecule has 0 spiro atoms. The molecule has 0 amide bonds. The lowest BCUT2D eigenvalue weighted by Crippen LogP contribution is -2.54. The van der Waals surface area contributed by atoms with Gasteiger partial charge in [0, 0.05) is 5.88 Å². The average Bonchev–Trinajstić information content (AvgIpc) is 2.32. The first-order valence-corrected chi connectivity index (χ1v) is 10.4. The smallest absolute Gasteiger partial charge is 0.0223 e. The Morgan fingerprint density at radius 2 is 0.783 bits per heavy atom. The SMILES string of the molecule is CC(C)(C)C(CCCCCCCCCCl)(C(C)(C)C)C(C)(C)C. The molecule has 0 fully saturated rings. The highest BCUT2D eigenvalue weighted by molar-refractivity contribution is 6.17. The Balaban J connectivity index is 4.76. The normalized spacial score (nSPS) is 14.3. The van der Waals surface area contributed by atoms with E-state index in [1.165, 1.54) is 51.4 Å². The lowest BCUT2D eigenvalue weighted by molar-refractivity contribution is -0.129. The van der Waals surface area contributed by atoms with Crippen LogP contribution in [0.2, 0.25) is 0 Å². The molecule has 0 aliphatic heterocycles. The first kappa shape index (κ1) is 23.3. The molecule has 0 rings (SSSR count). The molecule has 0 radical (unpaired) electrons. The molecule has 0 saturated carbocycles. The van der Waals surface area contributed by atoms with Crippen LogP contribution in [0.4, 0.5) is 0 Å². The van der Waals surface area contributed by atoms with E-state index < -0.39 is 0 Å². The van der Waals surface area contributed by atoms with Crippen LogP contribution in [0.25, 0.3) is 0 Å². The predicted molar refractivity (Wildman–Crippen MR) is 108 cm³/mol. The van der Waals surface area contributed by atoms with Gasteiger partial charge in [0.2, 0.25) is 0 Å². The molecule has 0 nitrogen and oxygen atoms in total. The number of hydrogen-bond acceptors (Lipinski definition) is 0. The van der Waals surface area contributed by atoms with Gasteiger partial charge in [-0.2, -0.15) is 0 Å². The Labute approximate surface area is 153 Å². The Bertz CT molecular complexity index is 272. The zero-order valence-corrected chi connectivity index (χ0v) is 18.5. The van der Waals surface area contributed by atoms with Gasteiger partial charge in [-0.05, 0) is 34.5 Å². The zero-order chi connectivity index (χ0) is 18.4. The number of halogens is 1. The van der Waals surface area contributed by atoms with Crippen LogP contribution in [0.5, 0.6) is 0 Å². The second kappa shape index (κ2) is 9.12. The topological polar surface area (TPSA) is 0 Å². The van der Waals surface area contributed by atoms with Crippen molar-refractivity contribution < 1.29 is 0 Å². The highest BCUT2D eigenvalue weighted by Crippen LogP contribution is 2.63. The molecule has 0 aromatic heterocycles. The van der Waals surface area contributed by atoms with Crippen molar-refractivity contribution >= 4 is 11.6 Å². The van der Waals surface area contributed by atoms with Crippen molar-refractivity contribution in [3.8, 4) is 0 Å². The summed E-state index contributed by atoms with van der Waals surface area (Å²) >= 11 is 5.74. The standard InChI is InChI=1S/C22H45Cl/c1-19(2,3)22(20(4,5)6,21(7,8)9)17-15-13-11-10-12-14-16-18-23/h10-18H2,1-9H3. The van der Waals surface area contributed by atoms with Crippen LogP contribution in [-0.2, 0) is 0 Å². The van der Waals surface area contributed by atoms with Gasteiger partial charge >= 0.3 is 0 Å². The van der Waals surface area contributed by atoms with Crippen molar-refractivity contribution in [1.29, 1.82) is 0 Å². The maximum absolute atomic E-state index is 5.74. The summed E-state index contributed by atoms with van der Waals surface area (Å²) in [6.07, 6.45) is 10.7. The van der Waals surface area contributed by atoms with Crippen LogP contribution < -0.4 is 0 Å².